The maximum Gasteiger partial charge on any atom is 0.177 e. The first-order valence-electron chi connectivity index (χ1n) is 8.77. The number of morpholine rings is 1. The Morgan fingerprint density at radius 3 is 2.08 bits per heavy atom. The monoisotopic (exact) mass is 482 g/mol. The molecule has 0 radical (unpaired) electrons. The van der Waals surface area contributed by atoms with Crippen molar-refractivity contribution < 1.29 is 9.47 Å². The third kappa shape index (κ3) is 4.03. The van der Waals surface area contributed by atoms with Crippen LogP contribution in [-0.2, 0) is 4.74 Å². The number of pyridine rings is 2. The first kappa shape index (κ1) is 18.2. The fraction of sp³-hybridized carbons (Fsp3) is 0.444. The van der Waals surface area contributed by atoms with Crippen LogP contribution >= 0.6 is 31.9 Å². The molecule has 2 aliphatic rings. The first-order valence-corrected chi connectivity index (χ1v) is 10.4. The van der Waals surface area contributed by atoms with Crippen molar-refractivity contribution in [3.05, 3.63) is 33.5 Å². The van der Waals surface area contributed by atoms with Crippen LogP contribution in [0, 0.1) is 0 Å². The molecule has 0 bridgehead atoms. The molecule has 2 aromatic heterocycles. The van der Waals surface area contributed by atoms with Crippen molar-refractivity contribution in [1.29, 1.82) is 0 Å². The number of halogens is 2. The minimum absolute atomic E-state index is 0.750. The van der Waals surface area contributed by atoms with Gasteiger partial charge in [0.1, 0.15) is 0 Å². The lowest BCUT2D eigenvalue weighted by Gasteiger charge is -2.31. The maximum absolute atomic E-state index is 6.02. The van der Waals surface area contributed by atoms with Gasteiger partial charge in [0.05, 0.1) is 13.2 Å². The number of ether oxygens (including phenoxy) is 2. The van der Waals surface area contributed by atoms with E-state index in [1.54, 1.807) is 12.4 Å². The van der Waals surface area contributed by atoms with Gasteiger partial charge in [0.2, 0.25) is 0 Å². The predicted molar refractivity (Wildman–Crippen MR) is 107 cm³/mol. The molecule has 26 heavy (non-hydrogen) atoms. The van der Waals surface area contributed by atoms with Crippen molar-refractivity contribution in [2.45, 2.75) is 12.8 Å². The van der Waals surface area contributed by atoms with Gasteiger partial charge in [-0.15, -0.1) is 0 Å². The van der Waals surface area contributed by atoms with Gasteiger partial charge in [-0.3, -0.25) is 4.90 Å². The summed E-state index contributed by atoms with van der Waals surface area (Å²) < 4.78 is 13.2. The van der Waals surface area contributed by atoms with E-state index in [-0.39, 0.29) is 0 Å². The second kappa shape index (κ2) is 8.21. The zero-order valence-corrected chi connectivity index (χ0v) is 17.5. The molecule has 4 rings (SSSR count). The van der Waals surface area contributed by atoms with Gasteiger partial charge >= 0.3 is 0 Å². The zero-order chi connectivity index (χ0) is 17.9. The van der Waals surface area contributed by atoms with Crippen molar-refractivity contribution >= 4 is 43.5 Å². The van der Waals surface area contributed by atoms with Crippen LogP contribution in [0.5, 0.6) is 11.5 Å². The molecule has 1 saturated heterocycles. The highest BCUT2D eigenvalue weighted by molar-refractivity contribution is 9.10. The van der Waals surface area contributed by atoms with Gasteiger partial charge in [-0.2, -0.15) is 0 Å². The lowest BCUT2D eigenvalue weighted by Crippen LogP contribution is -2.37. The molecule has 0 atom stereocenters. The molecule has 0 aromatic carbocycles. The quantitative estimate of drug-likeness (QED) is 0.589. The number of fused-ring (bicyclic) bond motifs is 2. The highest BCUT2D eigenvalue weighted by Crippen LogP contribution is 2.45. The zero-order valence-electron chi connectivity index (χ0n) is 14.3. The van der Waals surface area contributed by atoms with E-state index in [9.17, 15) is 0 Å². The van der Waals surface area contributed by atoms with Crippen LogP contribution in [0.15, 0.2) is 33.5 Å². The van der Waals surface area contributed by atoms with Crippen LogP contribution in [0.3, 0.4) is 0 Å². The first-order chi connectivity index (χ1) is 12.7. The van der Waals surface area contributed by atoms with E-state index in [0.717, 1.165) is 84.3 Å². The smallest absolute Gasteiger partial charge is 0.177 e. The third-order valence-corrected chi connectivity index (χ3v) is 5.41. The summed E-state index contributed by atoms with van der Waals surface area (Å²) in [5, 5.41) is 0. The Balaban J connectivity index is 1.47. The summed E-state index contributed by atoms with van der Waals surface area (Å²) in [4.78, 5) is 13.8. The predicted octanol–water partition coefficient (Wildman–Crippen LogP) is 4.36. The molecule has 2 aliphatic heterocycles. The number of rotatable bonds is 5. The van der Waals surface area contributed by atoms with Crippen molar-refractivity contribution in [1.82, 2.24) is 14.9 Å². The molecule has 0 amide bonds. The molecule has 8 heteroatoms. The highest BCUT2D eigenvalue weighted by atomic mass is 79.9. The van der Waals surface area contributed by atoms with Gasteiger partial charge in [-0.1, -0.05) is 0 Å². The number of hydrogen-bond donors (Lipinski definition) is 0. The second-order valence-electron chi connectivity index (χ2n) is 6.37. The molecule has 0 aliphatic carbocycles. The molecule has 0 saturated carbocycles. The van der Waals surface area contributed by atoms with Gasteiger partial charge in [-0.05, 0) is 51.2 Å². The van der Waals surface area contributed by atoms with Gasteiger partial charge in [0.25, 0.3) is 0 Å². The third-order valence-electron chi connectivity index (χ3n) is 4.54. The molecule has 0 N–H and O–H groups in total. The summed E-state index contributed by atoms with van der Waals surface area (Å²) in [5.74, 6) is 3.14. The number of hydrogen-bond acceptors (Lipinski definition) is 6. The van der Waals surface area contributed by atoms with Crippen LogP contribution in [-0.4, -0.2) is 54.3 Å². The normalized spacial score (nSPS) is 16.8. The van der Waals surface area contributed by atoms with Crippen molar-refractivity contribution in [3.8, 4) is 11.5 Å². The Morgan fingerprint density at radius 2 is 1.46 bits per heavy atom. The maximum atomic E-state index is 6.02. The molecule has 0 unspecified atom stereocenters. The molecule has 1 fully saturated rings. The topological polar surface area (TPSA) is 50.7 Å². The van der Waals surface area contributed by atoms with E-state index < -0.39 is 0 Å². The van der Waals surface area contributed by atoms with E-state index in [1.165, 1.54) is 0 Å². The van der Waals surface area contributed by atoms with Crippen LogP contribution < -0.4 is 9.64 Å². The Labute approximate surface area is 169 Å². The fourth-order valence-corrected chi connectivity index (χ4v) is 3.86. The summed E-state index contributed by atoms with van der Waals surface area (Å²) in [6, 6.07) is 3.90. The Kier molecular flexibility index (Phi) is 5.73. The summed E-state index contributed by atoms with van der Waals surface area (Å²) in [7, 11) is 0. The summed E-state index contributed by atoms with van der Waals surface area (Å²) in [6.45, 7) is 5.73. The number of aromatic nitrogens is 2. The van der Waals surface area contributed by atoms with Crippen LogP contribution in [0.2, 0.25) is 0 Å². The van der Waals surface area contributed by atoms with Crippen molar-refractivity contribution in [2.75, 3.05) is 44.3 Å². The number of nitrogens with zero attached hydrogens (tertiary/aromatic N) is 4. The lowest BCUT2D eigenvalue weighted by atomic mass is 10.2. The minimum Gasteiger partial charge on any atom is -0.449 e. The largest absolute Gasteiger partial charge is 0.449 e. The number of unbranched alkanes of at least 4 members (excludes halogenated alkanes) is 1. The Bertz CT molecular complexity index is 732. The van der Waals surface area contributed by atoms with E-state index in [0.29, 0.717) is 0 Å². The summed E-state index contributed by atoms with van der Waals surface area (Å²) in [6.07, 6.45) is 5.79. The average molecular weight is 484 g/mol. The fourth-order valence-electron chi connectivity index (χ4n) is 3.24. The van der Waals surface area contributed by atoms with E-state index in [4.69, 9.17) is 9.47 Å². The number of anilines is 2. The lowest BCUT2D eigenvalue weighted by molar-refractivity contribution is 0.0373. The Morgan fingerprint density at radius 1 is 0.885 bits per heavy atom. The molecular weight excluding hydrogens is 464 g/mol. The molecule has 6 nitrogen and oxygen atoms in total. The van der Waals surface area contributed by atoms with Crippen molar-refractivity contribution in [2.24, 2.45) is 0 Å². The molecule has 138 valence electrons. The van der Waals surface area contributed by atoms with E-state index in [1.807, 2.05) is 12.1 Å². The van der Waals surface area contributed by atoms with Gasteiger partial charge in [0.15, 0.2) is 23.1 Å². The van der Waals surface area contributed by atoms with Crippen LogP contribution in [0.25, 0.3) is 0 Å². The van der Waals surface area contributed by atoms with E-state index >= 15 is 0 Å². The van der Waals surface area contributed by atoms with Crippen molar-refractivity contribution in [3.63, 3.8) is 0 Å². The summed E-state index contributed by atoms with van der Waals surface area (Å²) in [5.41, 5.74) is 0. The van der Waals surface area contributed by atoms with Crippen LogP contribution in [0.1, 0.15) is 12.8 Å². The van der Waals surface area contributed by atoms with E-state index in [2.05, 4.69) is 51.6 Å². The van der Waals surface area contributed by atoms with Gasteiger partial charge in [0, 0.05) is 53.1 Å². The Hall–Kier alpha value is -1.22. The summed E-state index contributed by atoms with van der Waals surface area (Å²) >= 11 is 6.94. The highest BCUT2D eigenvalue weighted by Gasteiger charge is 2.27. The van der Waals surface area contributed by atoms with Gasteiger partial charge < -0.3 is 14.4 Å². The SMILES string of the molecule is Brc1cnc2c(c1)Oc1cc(Br)cnc1N2CCCCN1CCOCC1. The minimum atomic E-state index is 0.750. The van der Waals surface area contributed by atoms with Gasteiger partial charge in [-0.25, -0.2) is 9.97 Å². The molecule has 0 spiro atoms. The second-order valence-corrected chi connectivity index (χ2v) is 8.20. The van der Waals surface area contributed by atoms with Crippen LogP contribution in [0.4, 0.5) is 11.6 Å². The molecule has 2 aromatic rings. The molecular formula is C18H20Br2N4O2. The standard InChI is InChI=1S/C18H20Br2N4O2/c19-13-9-15-17(21-11-13)24(18-16(26-15)10-14(20)12-22-18)4-2-1-3-23-5-7-25-8-6-23/h9-12H,1-8H2. The molecule has 4 heterocycles. The average Bonchev–Trinajstić information content (AvgIpc) is 2.64.